The minimum absolute atomic E-state index is 0.130. The van der Waals surface area contributed by atoms with Crippen molar-refractivity contribution in [2.24, 2.45) is 0 Å². The standard InChI is InChI=1S/C11H15N3O2/c1-4-5-12-11(15)9(3)13-7-10-6-8(2)14-16-10/h1,6,9,13H,5,7H2,2-3H3,(H,12,15). The van der Waals surface area contributed by atoms with Gasteiger partial charge in [0.05, 0.1) is 24.8 Å². The molecule has 0 aliphatic carbocycles. The summed E-state index contributed by atoms with van der Waals surface area (Å²) in [4.78, 5) is 11.4. The predicted molar refractivity (Wildman–Crippen MR) is 59.4 cm³/mol. The number of carbonyl (C=O) groups excluding carboxylic acids is 1. The Morgan fingerprint density at radius 2 is 2.50 bits per heavy atom. The second-order valence-corrected chi connectivity index (χ2v) is 3.46. The van der Waals surface area contributed by atoms with Crippen LogP contribution in [0.4, 0.5) is 0 Å². The molecule has 1 aromatic heterocycles. The average molecular weight is 221 g/mol. The SMILES string of the molecule is C#CCNC(=O)C(C)NCc1cc(C)no1. The molecule has 5 nitrogen and oxygen atoms in total. The maximum Gasteiger partial charge on any atom is 0.237 e. The van der Waals surface area contributed by atoms with Crippen LogP contribution in [-0.2, 0) is 11.3 Å². The van der Waals surface area contributed by atoms with Gasteiger partial charge in [-0.15, -0.1) is 6.42 Å². The topological polar surface area (TPSA) is 67.2 Å². The van der Waals surface area contributed by atoms with Gasteiger partial charge in [-0.2, -0.15) is 0 Å². The molecular formula is C11H15N3O2. The Kier molecular flexibility index (Phi) is 4.55. The number of hydrogen-bond acceptors (Lipinski definition) is 4. The van der Waals surface area contributed by atoms with Crippen LogP contribution in [0.3, 0.4) is 0 Å². The van der Waals surface area contributed by atoms with Crippen LogP contribution in [0.15, 0.2) is 10.6 Å². The molecule has 0 saturated heterocycles. The highest BCUT2D eigenvalue weighted by Crippen LogP contribution is 2.01. The Hall–Kier alpha value is -1.80. The molecule has 2 N–H and O–H groups in total. The number of aryl methyl sites for hydroxylation is 1. The van der Waals surface area contributed by atoms with Gasteiger partial charge < -0.3 is 9.84 Å². The van der Waals surface area contributed by atoms with Crippen molar-refractivity contribution in [1.82, 2.24) is 15.8 Å². The number of amides is 1. The lowest BCUT2D eigenvalue weighted by molar-refractivity contribution is -0.122. The molecular weight excluding hydrogens is 206 g/mol. The van der Waals surface area contributed by atoms with E-state index in [-0.39, 0.29) is 18.5 Å². The van der Waals surface area contributed by atoms with Crippen molar-refractivity contribution >= 4 is 5.91 Å². The van der Waals surface area contributed by atoms with Gasteiger partial charge in [0.2, 0.25) is 5.91 Å². The van der Waals surface area contributed by atoms with Crippen LogP contribution >= 0.6 is 0 Å². The van der Waals surface area contributed by atoms with Gasteiger partial charge in [0.1, 0.15) is 0 Å². The largest absolute Gasteiger partial charge is 0.360 e. The van der Waals surface area contributed by atoms with Crippen LogP contribution in [0.2, 0.25) is 0 Å². The summed E-state index contributed by atoms with van der Waals surface area (Å²) < 4.78 is 5.00. The minimum atomic E-state index is -0.321. The van der Waals surface area contributed by atoms with E-state index >= 15 is 0 Å². The first-order chi connectivity index (χ1) is 7.63. The molecule has 1 unspecified atom stereocenters. The fraction of sp³-hybridized carbons (Fsp3) is 0.455. The maximum atomic E-state index is 11.4. The lowest BCUT2D eigenvalue weighted by Gasteiger charge is -2.11. The number of nitrogens with zero attached hydrogens (tertiary/aromatic N) is 1. The first kappa shape index (κ1) is 12.3. The van der Waals surface area contributed by atoms with Crippen molar-refractivity contribution in [1.29, 1.82) is 0 Å². The van der Waals surface area contributed by atoms with E-state index in [1.807, 2.05) is 13.0 Å². The Balaban J connectivity index is 2.32. The first-order valence-corrected chi connectivity index (χ1v) is 5.00. The van der Waals surface area contributed by atoms with E-state index in [1.165, 1.54) is 0 Å². The van der Waals surface area contributed by atoms with Crippen LogP contribution in [-0.4, -0.2) is 23.7 Å². The van der Waals surface area contributed by atoms with E-state index < -0.39 is 0 Å². The maximum absolute atomic E-state index is 11.4. The Labute approximate surface area is 94.6 Å². The van der Waals surface area contributed by atoms with Crippen LogP contribution in [0.25, 0.3) is 0 Å². The lowest BCUT2D eigenvalue weighted by atomic mass is 10.3. The number of hydrogen-bond donors (Lipinski definition) is 2. The normalized spacial score (nSPS) is 11.8. The van der Waals surface area contributed by atoms with Crippen molar-refractivity contribution in [3.05, 3.63) is 17.5 Å². The van der Waals surface area contributed by atoms with Crippen molar-refractivity contribution in [3.8, 4) is 12.3 Å². The van der Waals surface area contributed by atoms with Gasteiger partial charge in [-0.3, -0.25) is 10.1 Å². The molecule has 86 valence electrons. The molecule has 1 atom stereocenters. The molecule has 0 fully saturated rings. The smallest absolute Gasteiger partial charge is 0.237 e. The summed E-state index contributed by atoms with van der Waals surface area (Å²) in [5.41, 5.74) is 0.821. The third-order valence-electron chi connectivity index (χ3n) is 2.02. The molecule has 1 heterocycles. The number of terminal acetylenes is 1. The van der Waals surface area contributed by atoms with Gasteiger partial charge in [0, 0.05) is 6.07 Å². The van der Waals surface area contributed by atoms with Gasteiger partial charge in [0.25, 0.3) is 0 Å². The fourth-order valence-corrected chi connectivity index (χ4v) is 1.14. The highest BCUT2D eigenvalue weighted by Gasteiger charge is 2.11. The van der Waals surface area contributed by atoms with Crippen LogP contribution < -0.4 is 10.6 Å². The highest BCUT2D eigenvalue weighted by molar-refractivity contribution is 5.81. The Bertz CT molecular complexity index is 392. The van der Waals surface area contributed by atoms with E-state index in [1.54, 1.807) is 6.92 Å². The second-order valence-electron chi connectivity index (χ2n) is 3.46. The monoisotopic (exact) mass is 221 g/mol. The van der Waals surface area contributed by atoms with Crippen LogP contribution in [0.1, 0.15) is 18.4 Å². The summed E-state index contributed by atoms with van der Waals surface area (Å²) in [5, 5.41) is 9.34. The van der Waals surface area contributed by atoms with Gasteiger partial charge in [-0.05, 0) is 13.8 Å². The molecule has 5 heteroatoms. The first-order valence-electron chi connectivity index (χ1n) is 5.00. The van der Waals surface area contributed by atoms with Crippen molar-refractivity contribution < 1.29 is 9.32 Å². The molecule has 1 aromatic rings. The van der Waals surface area contributed by atoms with E-state index in [0.717, 1.165) is 5.69 Å². The van der Waals surface area contributed by atoms with E-state index in [9.17, 15) is 4.79 Å². The van der Waals surface area contributed by atoms with Gasteiger partial charge >= 0.3 is 0 Å². The van der Waals surface area contributed by atoms with Crippen LogP contribution in [0.5, 0.6) is 0 Å². The molecule has 0 aliphatic rings. The summed E-state index contributed by atoms with van der Waals surface area (Å²) in [6.45, 7) is 4.31. The van der Waals surface area contributed by atoms with Crippen LogP contribution in [0, 0.1) is 19.3 Å². The van der Waals surface area contributed by atoms with E-state index in [2.05, 4.69) is 21.7 Å². The number of aromatic nitrogens is 1. The summed E-state index contributed by atoms with van der Waals surface area (Å²) in [6, 6.07) is 1.50. The van der Waals surface area contributed by atoms with E-state index in [4.69, 9.17) is 10.9 Å². The quantitative estimate of drug-likeness (QED) is 0.697. The number of rotatable bonds is 5. The molecule has 16 heavy (non-hydrogen) atoms. The lowest BCUT2D eigenvalue weighted by Crippen LogP contribution is -2.41. The summed E-state index contributed by atoms with van der Waals surface area (Å²) in [5.74, 6) is 2.91. The fourth-order valence-electron chi connectivity index (χ4n) is 1.14. The van der Waals surface area contributed by atoms with Gasteiger partial charge in [-0.25, -0.2) is 0 Å². The molecule has 0 aromatic carbocycles. The third-order valence-corrected chi connectivity index (χ3v) is 2.02. The number of nitrogens with one attached hydrogen (secondary N) is 2. The zero-order valence-electron chi connectivity index (χ0n) is 9.41. The summed E-state index contributed by atoms with van der Waals surface area (Å²) in [7, 11) is 0. The zero-order valence-corrected chi connectivity index (χ0v) is 9.41. The number of carbonyl (C=O) groups is 1. The second kappa shape index (κ2) is 5.93. The van der Waals surface area contributed by atoms with E-state index in [0.29, 0.717) is 12.3 Å². The van der Waals surface area contributed by atoms with Crippen molar-refractivity contribution in [2.45, 2.75) is 26.4 Å². The van der Waals surface area contributed by atoms with Crippen molar-refractivity contribution in [3.63, 3.8) is 0 Å². The molecule has 0 radical (unpaired) electrons. The third kappa shape index (κ3) is 3.75. The molecule has 0 saturated carbocycles. The summed E-state index contributed by atoms with van der Waals surface area (Å²) in [6.07, 6.45) is 5.04. The van der Waals surface area contributed by atoms with Crippen molar-refractivity contribution in [2.75, 3.05) is 6.54 Å². The molecule has 0 spiro atoms. The Morgan fingerprint density at radius 3 is 3.06 bits per heavy atom. The summed E-state index contributed by atoms with van der Waals surface area (Å²) >= 11 is 0. The Morgan fingerprint density at radius 1 is 1.75 bits per heavy atom. The minimum Gasteiger partial charge on any atom is -0.360 e. The molecule has 1 amide bonds. The highest BCUT2D eigenvalue weighted by atomic mass is 16.5. The predicted octanol–water partition coefficient (Wildman–Crippen LogP) is 0.211. The molecule has 1 rings (SSSR count). The van der Waals surface area contributed by atoms with Gasteiger partial charge in [0.15, 0.2) is 5.76 Å². The molecule has 0 aliphatic heterocycles. The average Bonchev–Trinajstić information content (AvgIpc) is 2.68. The molecule has 0 bridgehead atoms. The zero-order chi connectivity index (χ0) is 12.0. The van der Waals surface area contributed by atoms with Gasteiger partial charge in [-0.1, -0.05) is 11.1 Å².